The lowest BCUT2D eigenvalue weighted by Gasteiger charge is -2.13. The second kappa shape index (κ2) is 6.88. The molecule has 1 unspecified atom stereocenters. The molecule has 1 rings (SSSR count). The molecule has 2 N–H and O–H groups in total. The van der Waals surface area contributed by atoms with Crippen LogP contribution in [-0.2, 0) is 15.7 Å². The van der Waals surface area contributed by atoms with E-state index in [9.17, 15) is 18.0 Å². The largest absolute Gasteiger partial charge is 0.466 e. The number of esters is 1. The van der Waals surface area contributed by atoms with E-state index in [0.29, 0.717) is 17.3 Å². The zero-order valence-electron chi connectivity index (χ0n) is 11.2. The van der Waals surface area contributed by atoms with Crippen LogP contribution >= 0.6 is 11.8 Å². The van der Waals surface area contributed by atoms with Gasteiger partial charge in [-0.05, 0) is 25.1 Å². The van der Waals surface area contributed by atoms with Crippen LogP contribution in [0.15, 0.2) is 23.1 Å². The van der Waals surface area contributed by atoms with Crippen molar-refractivity contribution in [2.45, 2.75) is 24.9 Å². The molecule has 0 aliphatic rings. The quantitative estimate of drug-likeness (QED) is 0.513. The molecule has 0 aromatic heterocycles. The summed E-state index contributed by atoms with van der Waals surface area (Å²) in [6, 6.07) is 3.20. The molecule has 0 saturated carbocycles. The molecule has 112 valence electrons. The third-order valence-electron chi connectivity index (χ3n) is 2.51. The highest BCUT2D eigenvalue weighted by Crippen LogP contribution is 2.34. The summed E-state index contributed by atoms with van der Waals surface area (Å²) < 4.78 is 42.3. The molecular formula is C13H16F3NO2S. The first kappa shape index (κ1) is 16.7. The Kier molecular flexibility index (Phi) is 5.74. The van der Waals surface area contributed by atoms with E-state index in [-0.39, 0.29) is 17.6 Å². The van der Waals surface area contributed by atoms with Gasteiger partial charge in [0.2, 0.25) is 0 Å². The minimum absolute atomic E-state index is 0.0564. The molecule has 0 spiro atoms. The predicted octanol–water partition coefficient (Wildman–Crippen LogP) is 3.58. The van der Waals surface area contributed by atoms with Crippen LogP contribution in [0.5, 0.6) is 0 Å². The van der Waals surface area contributed by atoms with E-state index in [4.69, 9.17) is 10.5 Å². The average molecular weight is 307 g/mol. The number of ether oxygens (including phenoxy) is 1. The number of anilines is 1. The first-order chi connectivity index (χ1) is 9.25. The average Bonchev–Trinajstić information content (AvgIpc) is 2.36. The zero-order valence-corrected chi connectivity index (χ0v) is 12.0. The van der Waals surface area contributed by atoms with E-state index >= 15 is 0 Å². The Hall–Kier alpha value is -1.37. The van der Waals surface area contributed by atoms with E-state index in [1.54, 1.807) is 13.8 Å². The summed E-state index contributed by atoms with van der Waals surface area (Å²) >= 11 is 1.24. The lowest BCUT2D eigenvalue weighted by Crippen LogP contribution is -2.16. The number of carbonyl (C=O) groups excluding carboxylic acids is 1. The van der Waals surface area contributed by atoms with Gasteiger partial charge in [-0.3, -0.25) is 4.79 Å². The minimum Gasteiger partial charge on any atom is -0.466 e. The second-order valence-electron chi connectivity index (χ2n) is 4.21. The summed E-state index contributed by atoms with van der Waals surface area (Å²) in [7, 11) is 0. The maximum Gasteiger partial charge on any atom is 0.416 e. The van der Waals surface area contributed by atoms with Crippen LogP contribution in [0.2, 0.25) is 0 Å². The number of carbonyl (C=O) groups is 1. The smallest absolute Gasteiger partial charge is 0.416 e. The fourth-order valence-corrected chi connectivity index (χ4v) is 2.38. The van der Waals surface area contributed by atoms with Gasteiger partial charge in [0.15, 0.2) is 0 Å². The van der Waals surface area contributed by atoms with Gasteiger partial charge in [-0.1, -0.05) is 6.92 Å². The molecular weight excluding hydrogens is 291 g/mol. The molecule has 0 bridgehead atoms. The van der Waals surface area contributed by atoms with Gasteiger partial charge < -0.3 is 10.5 Å². The third-order valence-corrected chi connectivity index (χ3v) is 3.86. The van der Waals surface area contributed by atoms with Crippen molar-refractivity contribution in [3.05, 3.63) is 23.8 Å². The van der Waals surface area contributed by atoms with Crippen LogP contribution in [0.4, 0.5) is 18.9 Å². The maximum atomic E-state index is 12.5. The number of benzene rings is 1. The Morgan fingerprint density at radius 1 is 1.45 bits per heavy atom. The van der Waals surface area contributed by atoms with Crippen molar-refractivity contribution in [1.29, 1.82) is 0 Å². The molecule has 7 heteroatoms. The third kappa shape index (κ3) is 4.63. The monoisotopic (exact) mass is 307 g/mol. The fraction of sp³-hybridized carbons (Fsp3) is 0.462. The van der Waals surface area contributed by atoms with Crippen molar-refractivity contribution < 1.29 is 22.7 Å². The van der Waals surface area contributed by atoms with Crippen LogP contribution in [0.1, 0.15) is 19.4 Å². The summed E-state index contributed by atoms with van der Waals surface area (Å²) in [5.41, 5.74) is 4.88. The standard InChI is InChI=1S/C13H16F3NO2S/c1-3-19-12(18)8(2)7-20-11-5-4-9(6-10(11)17)13(14,15)16/h4-6,8H,3,7,17H2,1-2H3. The number of thioether (sulfide) groups is 1. The van der Waals surface area contributed by atoms with Crippen molar-refractivity contribution in [3.63, 3.8) is 0 Å². The van der Waals surface area contributed by atoms with E-state index in [1.807, 2.05) is 0 Å². The summed E-state index contributed by atoms with van der Waals surface area (Å²) in [6.07, 6.45) is -4.41. The van der Waals surface area contributed by atoms with E-state index in [2.05, 4.69) is 0 Å². The molecule has 0 amide bonds. The van der Waals surface area contributed by atoms with Gasteiger partial charge in [-0.25, -0.2) is 0 Å². The van der Waals surface area contributed by atoms with Gasteiger partial charge in [-0.15, -0.1) is 11.8 Å². The fourth-order valence-electron chi connectivity index (χ4n) is 1.42. The normalized spacial score (nSPS) is 13.1. The number of halogens is 3. The first-order valence-corrected chi connectivity index (χ1v) is 7.00. The maximum absolute atomic E-state index is 12.5. The molecule has 3 nitrogen and oxygen atoms in total. The van der Waals surface area contributed by atoms with E-state index < -0.39 is 11.7 Å². The summed E-state index contributed by atoms with van der Waals surface area (Å²) in [4.78, 5) is 11.9. The number of rotatable bonds is 5. The van der Waals surface area contributed by atoms with Crippen LogP contribution in [0.3, 0.4) is 0 Å². The van der Waals surface area contributed by atoms with Crippen molar-refractivity contribution in [2.75, 3.05) is 18.1 Å². The van der Waals surface area contributed by atoms with Gasteiger partial charge in [0.25, 0.3) is 0 Å². The van der Waals surface area contributed by atoms with Gasteiger partial charge in [0.1, 0.15) is 0 Å². The highest BCUT2D eigenvalue weighted by molar-refractivity contribution is 7.99. The van der Waals surface area contributed by atoms with Gasteiger partial charge >= 0.3 is 12.1 Å². The molecule has 0 heterocycles. The Labute approximate surface area is 119 Å². The Bertz CT molecular complexity index is 477. The lowest BCUT2D eigenvalue weighted by molar-refractivity contribution is -0.146. The highest BCUT2D eigenvalue weighted by atomic mass is 32.2. The Morgan fingerprint density at radius 3 is 2.60 bits per heavy atom. The van der Waals surface area contributed by atoms with Crippen LogP contribution in [0.25, 0.3) is 0 Å². The van der Waals surface area contributed by atoms with Crippen molar-refractivity contribution >= 4 is 23.4 Å². The van der Waals surface area contributed by atoms with E-state index in [0.717, 1.165) is 12.1 Å². The lowest BCUT2D eigenvalue weighted by atomic mass is 10.2. The second-order valence-corrected chi connectivity index (χ2v) is 5.28. The van der Waals surface area contributed by atoms with Crippen LogP contribution in [0, 0.1) is 5.92 Å². The molecule has 0 radical (unpaired) electrons. The summed E-state index contributed by atoms with van der Waals surface area (Å²) in [6.45, 7) is 3.72. The highest BCUT2D eigenvalue weighted by Gasteiger charge is 2.30. The van der Waals surface area contributed by atoms with Gasteiger partial charge in [0.05, 0.1) is 18.1 Å². The summed E-state index contributed by atoms with van der Waals surface area (Å²) in [5.74, 6) is -0.277. The molecule has 1 aromatic rings. The SMILES string of the molecule is CCOC(=O)C(C)CSc1ccc(C(F)(F)F)cc1N. The number of nitrogens with two attached hydrogens (primary N) is 1. The van der Waals surface area contributed by atoms with Gasteiger partial charge in [0, 0.05) is 16.3 Å². The topological polar surface area (TPSA) is 52.3 Å². The van der Waals surface area contributed by atoms with Crippen LogP contribution < -0.4 is 5.73 Å². The van der Waals surface area contributed by atoms with Gasteiger partial charge in [-0.2, -0.15) is 13.2 Å². The molecule has 0 aliphatic carbocycles. The Balaban J connectivity index is 2.68. The predicted molar refractivity (Wildman–Crippen MR) is 72.4 cm³/mol. The zero-order chi connectivity index (χ0) is 15.3. The van der Waals surface area contributed by atoms with Crippen molar-refractivity contribution in [3.8, 4) is 0 Å². The van der Waals surface area contributed by atoms with E-state index in [1.165, 1.54) is 17.8 Å². The number of hydrogen-bond donors (Lipinski definition) is 1. The Morgan fingerprint density at radius 2 is 2.10 bits per heavy atom. The number of alkyl halides is 3. The van der Waals surface area contributed by atoms with Crippen molar-refractivity contribution in [1.82, 2.24) is 0 Å². The molecule has 0 fully saturated rings. The molecule has 20 heavy (non-hydrogen) atoms. The number of hydrogen-bond acceptors (Lipinski definition) is 4. The first-order valence-electron chi connectivity index (χ1n) is 6.01. The molecule has 1 aromatic carbocycles. The minimum atomic E-state index is -4.41. The molecule has 1 atom stereocenters. The summed E-state index contributed by atoms with van der Waals surface area (Å²) in [5, 5.41) is 0. The van der Waals surface area contributed by atoms with Crippen LogP contribution in [-0.4, -0.2) is 18.3 Å². The van der Waals surface area contributed by atoms with Crippen molar-refractivity contribution in [2.24, 2.45) is 5.92 Å². The molecule has 0 saturated heterocycles. The number of nitrogen functional groups attached to an aromatic ring is 1. The molecule has 0 aliphatic heterocycles.